The molecule has 2 heterocycles. The van der Waals surface area contributed by atoms with Gasteiger partial charge in [-0.25, -0.2) is 5.48 Å². The third kappa shape index (κ3) is 3.63. The Balaban J connectivity index is 1.44. The quantitative estimate of drug-likeness (QED) is 0.495. The summed E-state index contributed by atoms with van der Waals surface area (Å²) < 4.78 is 6.19. The van der Waals surface area contributed by atoms with E-state index in [4.69, 9.17) is 9.94 Å². The molecule has 138 valence electrons. The topological polar surface area (TPSA) is 78.9 Å². The second-order valence-electron chi connectivity index (χ2n) is 7.08. The molecule has 0 unspecified atom stereocenters. The third-order valence-corrected chi connectivity index (χ3v) is 4.92. The van der Waals surface area contributed by atoms with E-state index in [0.717, 1.165) is 19.6 Å². The summed E-state index contributed by atoms with van der Waals surface area (Å²) >= 11 is 0. The first-order valence-electron chi connectivity index (χ1n) is 8.82. The van der Waals surface area contributed by atoms with Gasteiger partial charge in [0.2, 0.25) is 0 Å². The molecule has 1 saturated heterocycles. The predicted molar refractivity (Wildman–Crippen MR) is 99.4 cm³/mol. The van der Waals surface area contributed by atoms with Gasteiger partial charge < -0.3 is 4.74 Å². The summed E-state index contributed by atoms with van der Waals surface area (Å²) in [6, 6.07) is 15.5. The van der Waals surface area contributed by atoms with Crippen LogP contribution in [0.25, 0.3) is 6.08 Å². The first-order valence-corrected chi connectivity index (χ1v) is 8.82. The van der Waals surface area contributed by atoms with Gasteiger partial charge in [-0.2, -0.15) is 0 Å². The van der Waals surface area contributed by atoms with E-state index in [1.165, 1.54) is 23.2 Å². The van der Waals surface area contributed by atoms with Gasteiger partial charge in [-0.3, -0.25) is 19.7 Å². The lowest BCUT2D eigenvalue weighted by Gasteiger charge is -2.51. The van der Waals surface area contributed by atoms with Crippen molar-refractivity contribution >= 4 is 17.8 Å². The maximum absolute atomic E-state index is 12.7. The van der Waals surface area contributed by atoms with E-state index in [2.05, 4.69) is 17.0 Å². The Morgan fingerprint density at radius 1 is 1.22 bits per heavy atom. The van der Waals surface area contributed by atoms with Crippen LogP contribution in [0.3, 0.4) is 0 Å². The average Bonchev–Trinajstić information content (AvgIpc) is 2.66. The van der Waals surface area contributed by atoms with Crippen LogP contribution in [0.4, 0.5) is 0 Å². The molecule has 0 atom stereocenters. The van der Waals surface area contributed by atoms with E-state index in [1.807, 2.05) is 18.2 Å². The Labute approximate surface area is 157 Å². The molecule has 4 rings (SSSR count). The van der Waals surface area contributed by atoms with Crippen molar-refractivity contribution < 1.29 is 19.5 Å². The number of amides is 1. The third-order valence-electron chi connectivity index (χ3n) is 4.92. The number of nitrogens with one attached hydrogen (secondary N) is 1. The van der Waals surface area contributed by atoms with Crippen molar-refractivity contribution in [2.24, 2.45) is 0 Å². The number of ketones is 1. The number of nitrogens with zero attached hydrogens (tertiary/aromatic N) is 1. The molecule has 2 aromatic rings. The van der Waals surface area contributed by atoms with Crippen molar-refractivity contribution in [3.63, 3.8) is 0 Å². The lowest BCUT2D eigenvalue weighted by molar-refractivity contribution is -0.124. The van der Waals surface area contributed by atoms with Crippen molar-refractivity contribution in [1.82, 2.24) is 10.4 Å². The Morgan fingerprint density at radius 2 is 2.00 bits per heavy atom. The van der Waals surface area contributed by atoms with E-state index in [1.54, 1.807) is 18.2 Å². The van der Waals surface area contributed by atoms with E-state index < -0.39 is 11.5 Å². The molecular formula is C21H20N2O4. The standard InChI is InChI=1S/C21H20N2O4/c24-18-11-21(13-23(14-21)12-16-4-2-1-3-5-16)27-19-8-6-15(10-17(18)19)7-9-20(25)22-26/h1-10,26H,11-14H2,(H,22,25)/b9-7+. The molecule has 2 N–H and O–H groups in total. The minimum Gasteiger partial charge on any atom is -0.483 e. The number of carbonyl (C=O) groups excluding carboxylic acids is 2. The SMILES string of the molecule is O=C(/C=C/c1ccc2c(c1)C(=O)CC1(CN(Cc3ccccc3)C1)O2)NO. The van der Waals surface area contributed by atoms with Crippen molar-refractivity contribution in [3.05, 3.63) is 71.3 Å². The van der Waals surface area contributed by atoms with Gasteiger partial charge in [0.1, 0.15) is 11.4 Å². The van der Waals surface area contributed by atoms with Crippen LogP contribution in [-0.2, 0) is 11.3 Å². The maximum atomic E-state index is 12.7. The molecule has 0 bridgehead atoms. The van der Waals surface area contributed by atoms with Crippen LogP contribution >= 0.6 is 0 Å². The summed E-state index contributed by atoms with van der Waals surface area (Å²) in [7, 11) is 0. The van der Waals surface area contributed by atoms with Gasteiger partial charge >= 0.3 is 0 Å². The summed E-state index contributed by atoms with van der Waals surface area (Å²) in [5.74, 6) is 0.0223. The maximum Gasteiger partial charge on any atom is 0.267 e. The molecule has 1 spiro atoms. The van der Waals surface area contributed by atoms with Gasteiger partial charge in [-0.05, 0) is 29.3 Å². The van der Waals surface area contributed by atoms with Crippen molar-refractivity contribution in [2.45, 2.75) is 18.6 Å². The van der Waals surface area contributed by atoms with Crippen LogP contribution in [-0.4, -0.2) is 40.5 Å². The minimum absolute atomic E-state index is 0.0532. The van der Waals surface area contributed by atoms with Crippen LogP contribution in [0, 0.1) is 0 Å². The molecule has 2 aromatic carbocycles. The first-order chi connectivity index (χ1) is 13.1. The molecule has 27 heavy (non-hydrogen) atoms. The normalized spacial score (nSPS) is 18.0. The van der Waals surface area contributed by atoms with Crippen molar-refractivity contribution in [2.75, 3.05) is 13.1 Å². The number of ether oxygens (including phenoxy) is 1. The predicted octanol–water partition coefficient (Wildman–Crippen LogP) is 2.42. The van der Waals surface area contributed by atoms with E-state index in [0.29, 0.717) is 23.3 Å². The molecule has 0 saturated carbocycles. The van der Waals surface area contributed by atoms with Crippen LogP contribution in [0.5, 0.6) is 5.75 Å². The number of hydrogen-bond acceptors (Lipinski definition) is 5. The molecule has 0 radical (unpaired) electrons. The smallest absolute Gasteiger partial charge is 0.267 e. The van der Waals surface area contributed by atoms with Crippen LogP contribution in [0.2, 0.25) is 0 Å². The molecule has 6 heteroatoms. The molecule has 2 aliphatic heterocycles. The summed E-state index contributed by atoms with van der Waals surface area (Å²) in [5, 5.41) is 8.52. The van der Waals surface area contributed by atoms with Gasteiger partial charge in [0.15, 0.2) is 5.78 Å². The number of benzene rings is 2. The lowest BCUT2D eigenvalue weighted by Crippen LogP contribution is -2.66. The Kier molecular flexibility index (Phi) is 4.51. The molecule has 1 amide bonds. The molecule has 1 fully saturated rings. The molecule has 0 aromatic heterocycles. The summed E-state index contributed by atoms with van der Waals surface area (Å²) in [4.78, 5) is 26.0. The number of fused-ring (bicyclic) bond motifs is 1. The highest BCUT2D eigenvalue weighted by Crippen LogP contribution is 2.39. The lowest BCUT2D eigenvalue weighted by atomic mass is 9.83. The van der Waals surface area contributed by atoms with Crippen molar-refractivity contribution in [3.8, 4) is 5.75 Å². The highest BCUT2D eigenvalue weighted by molar-refractivity contribution is 6.01. The Bertz CT molecular complexity index is 902. The zero-order valence-corrected chi connectivity index (χ0v) is 14.7. The fraction of sp³-hybridized carbons (Fsp3) is 0.238. The number of hydroxylamine groups is 1. The Morgan fingerprint density at radius 3 is 2.74 bits per heavy atom. The summed E-state index contributed by atoms with van der Waals surface area (Å²) in [6.07, 6.45) is 3.09. The number of carbonyl (C=O) groups is 2. The zero-order chi connectivity index (χ0) is 18.9. The number of rotatable bonds is 4. The number of likely N-dealkylation sites (tertiary alicyclic amines) is 1. The Hall–Kier alpha value is -2.96. The minimum atomic E-state index is -0.623. The highest BCUT2D eigenvalue weighted by Gasteiger charge is 2.49. The first kappa shape index (κ1) is 17.5. The van der Waals surface area contributed by atoms with Crippen molar-refractivity contribution in [1.29, 1.82) is 0 Å². The van der Waals surface area contributed by atoms with Gasteiger partial charge in [0.25, 0.3) is 5.91 Å². The second kappa shape index (κ2) is 6.98. The van der Waals surface area contributed by atoms with E-state index in [9.17, 15) is 9.59 Å². The zero-order valence-electron chi connectivity index (χ0n) is 14.7. The highest BCUT2D eigenvalue weighted by atomic mass is 16.5. The molecule has 0 aliphatic carbocycles. The van der Waals surface area contributed by atoms with Gasteiger partial charge in [0.05, 0.1) is 12.0 Å². The second-order valence-corrected chi connectivity index (χ2v) is 7.08. The van der Waals surface area contributed by atoms with Crippen LogP contribution < -0.4 is 10.2 Å². The summed E-state index contributed by atoms with van der Waals surface area (Å²) in [5.41, 5.74) is 3.58. The molecule has 2 aliphatic rings. The van der Waals surface area contributed by atoms with Gasteiger partial charge in [0, 0.05) is 25.7 Å². The summed E-state index contributed by atoms with van der Waals surface area (Å²) in [6.45, 7) is 2.31. The number of hydrogen-bond donors (Lipinski definition) is 2. The molecular weight excluding hydrogens is 344 g/mol. The average molecular weight is 364 g/mol. The largest absolute Gasteiger partial charge is 0.483 e. The van der Waals surface area contributed by atoms with E-state index in [-0.39, 0.29) is 5.78 Å². The van der Waals surface area contributed by atoms with Gasteiger partial charge in [-0.1, -0.05) is 36.4 Å². The van der Waals surface area contributed by atoms with Crippen LogP contribution in [0.1, 0.15) is 27.9 Å². The fourth-order valence-electron chi connectivity index (χ4n) is 3.72. The monoisotopic (exact) mass is 364 g/mol. The van der Waals surface area contributed by atoms with Gasteiger partial charge in [-0.15, -0.1) is 0 Å². The van der Waals surface area contributed by atoms with Crippen LogP contribution in [0.15, 0.2) is 54.6 Å². The molecule has 6 nitrogen and oxygen atoms in total. The van der Waals surface area contributed by atoms with E-state index >= 15 is 0 Å². The number of Topliss-reactive ketones (excluding diaryl/α,β-unsaturated/α-hetero) is 1. The fourth-order valence-corrected chi connectivity index (χ4v) is 3.72.